The fraction of sp³-hybridized carbons (Fsp3) is 0.412. The van der Waals surface area contributed by atoms with Crippen molar-refractivity contribution in [3.8, 4) is 10.6 Å². The first-order valence-corrected chi connectivity index (χ1v) is 8.82. The van der Waals surface area contributed by atoms with E-state index in [-0.39, 0.29) is 24.6 Å². The number of hydrogen-bond donors (Lipinski definition) is 3. The summed E-state index contributed by atoms with van der Waals surface area (Å²) in [5.74, 6) is 0.168. The maximum absolute atomic E-state index is 12.1. The fourth-order valence-electron chi connectivity index (χ4n) is 3.01. The average molecular weight is 331 g/mol. The summed E-state index contributed by atoms with van der Waals surface area (Å²) in [6, 6.07) is 7.50. The molecule has 1 aromatic carbocycles. The molecule has 0 saturated heterocycles. The lowest BCUT2D eigenvalue weighted by atomic mass is 9.85. The number of nitrogens with one attached hydrogen (secondary N) is 2. The predicted molar refractivity (Wildman–Crippen MR) is 92.5 cm³/mol. The lowest BCUT2D eigenvalue weighted by Gasteiger charge is -2.30. The van der Waals surface area contributed by atoms with Gasteiger partial charge < -0.3 is 15.7 Å². The highest BCUT2D eigenvalue weighted by molar-refractivity contribution is 7.13. The Balaban J connectivity index is 1.57. The second-order valence-corrected chi connectivity index (χ2v) is 6.74. The van der Waals surface area contributed by atoms with Gasteiger partial charge in [-0.3, -0.25) is 0 Å². The highest BCUT2D eigenvalue weighted by Gasteiger charge is 2.25. The summed E-state index contributed by atoms with van der Waals surface area (Å²) >= 11 is 1.59. The van der Waals surface area contributed by atoms with Crippen LogP contribution >= 0.6 is 11.3 Å². The summed E-state index contributed by atoms with van der Waals surface area (Å²) in [6.07, 6.45) is 5.92. The van der Waals surface area contributed by atoms with Crippen LogP contribution in [0.2, 0.25) is 0 Å². The zero-order chi connectivity index (χ0) is 16.1. The molecule has 2 amide bonds. The Hall–Kier alpha value is -1.92. The van der Waals surface area contributed by atoms with Crippen LogP contribution in [0.5, 0.6) is 0 Å². The van der Waals surface area contributed by atoms with E-state index in [4.69, 9.17) is 0 Å². The smallest absolute Gasteiger partial charge is 0.319 e. The van der Waals surface area contributed by atoms with Crippen LogP contribution < -0.4 is 10.6 Å². The highest BCUT2D eigenvalue weighted by Crippen LogP contribution is 2.25. The van der Waals surface area contributed by atoms with Gasteiger partial charge in [0, 0.05) is 41.4 Å². The van der Waals surface area contributed by atoms with Gasteiger partial charge in [0.1, 0.15) is 5.01 Å². The molecule has 1 aliphatic rings. The Labute approximate surface area is 139 Å². The molecule has 122 valence electrons. The van der Waals surface area contributed by atoms with Crippen molar-refractivity contribution in [3.63, 3.8) is 0 Å². The van der Waals surface area contributed by atoms with E-state index < -0.39 is 0 Å². The number of thiazole rings is 1. The zero-order valence-corrected chi connectivity index (χ0v) is 13.7. The molecule has 1 saturated carbocycles. The number of urea groups is 1. The molecular weight excluding hydrogens is 310 g/mol. The van der Waals surface area contributed by atoms with Crippen LogP contribution in [-0.2, 0) is 0 Å². The minimum atomic E-state index is -0.211. The van der Waals surface area contributed by atoms with Gasteiger partial charge in [-0.25, -0.2) is 9.78 Å². The first-order valence-electron chi connectivity index (χ1n) is 7.94. The highest BCUT2D eigenvalue weighted by atomic mass is 32.1. The second kappa shape index (κ2) is 7.57. The van der Waals surface area contributed by atoms with Crippen molar-refractivity contribution in [2.24, 2.45) is 5.92 Å². The molecule has 1 aromatic heterocycles. The topological polar surface area (TPSA) is 74.2 Å². The molecule has 2 unspecified atom stereocenters. The number of carbonyl (C=O) groups excluding carboxylic acids is 1. The molecule has 0 radical (unpaired) electrons. The predicted octanol–water partition coefficient (Wildman–Crippen LogP) is 3.48. The van der Waals surface area contributed by atoms with Gasteiger partial charge in [0.15, 0.2) is 0 Å². The van der Waals surface area contributed by atoms with Crippen molar-refractivity contribution < 1.29 is 9.90 Å². The van der Waals surface area contributed by atoms with E-state index in [9.17, 15) is 9.90 Å². The number of anilines is 1. The molecule has 0 spiro atoms. The summed E-state index contributed by atoms with van der Waals surface area (Å²) in [6.45, 7) is 0.132. The molecule has 2 atom stereocenters. The van der Waals surface area contributed by atoms with E-state index in [0.29, 0.717) is 0 Å². The van der Waals surface area contributed by atoms with Gasteiger partial charge in [-0.15, -0.1) is 11.3 Å². The molecule has 2 aromatic rings. The van der Waals surface area contributed by atoms with Gasteiger partial charge in [0.25, 0.3) is 0 Å². The fourth-order valence-corrected chi connectivity index (χ4v) is 3.66. The van der Waals surface area contributed by atoms with Gasteiger partial charge >= 0.3 is 6.03 Å². The summed E-state index contributed by atoms with van der Waals surface area (Å²) in [5.41, 5.74) is 1.79. The molecule has 6 heteroatoms. The van der Waals surface area contributed by atoms with E-state index in [1.165, 1.54) is 0 Å². The average Bonchev–Trinajstić information content (AvgIpc) is 3.10. The number of carbonyl (C=O) groups is 1. The van der Waals surface area contributed by atoms with Crippen molar-refractivity contribution in [1.29, 1.82) is 0 Å². The summed E-state index contributed by atoms with van der Waals surface area (Å²) < 4.78 is 0. The lowest BCUT2D eigenvalue weighted by molar-refractivity contribution is 0.156. The van der Waals surface area contributed by atoms with Crippen molar-refractivity contribution in [2.75, 3.05) is 11.9 Å². The third kappa shape index (κ3) is 4.09. The Morgan fingerprint density at radius 3 is 2.74 bits per heavy atom. The van der Waals surface area contributed by atoms with E-state index in [1.54, 1.807) is 17.5 Å². The molecule has 0 aliphatic heterocycles. The van der Waals surface area contributed by atoms with Gasteiger partial charge in [-0.2, -0.15) is 0 Å². The van der Waals surface area contributed by atoms with Crippen molar-refractivity contribution in [1.82, 2.24) is 10.3 Å². The minimum absolute atomic E-state index is 0.0586. The standard InChI is InChI=1S/C17H21N3O2S/c21-11-13-3-1-2-4-15(13)20-17(22)19-14-7-5-12(6-8-14)16-18-9-10-23-16/h5-10,13,15,21H,1-4,11H2,(H2,19,20,22). The quantitative estimate of drug-likeness (QED) is 0.803. The summed E-state index contributed by atoms with van der Waals surface area (Å²) in [5, 5.41) is 18.2. The molecular formula is C17H21N3O2S. The molecule has 5 nitrogen and oxygen atoms in total. The van der Waals surface area contributed by atoms with E-state index >= 15 is 0 Å². The maximum Gasteiger partial charge on any atom is 0.319 e. The molecule has 3 N–H and O–H groups in total. The Kier molecular flexibility index (Phi) is 5.25. The molecule has 1 fully saturated rings. The monoisotopic (exact) mass is 331 g/mol. The number of rotatable bonds is 4. The van der Waals surface area contributed by atoms with E-state index in [1.807, 2.05) is 29.6 Å². The molecule has 1 aliphatic carbocycles. The minimum Gasteiger partial charge on any atom is -0.396 e. The normalized spacial score (nSPS) is 20.9. The van der Waals surface area contributed by atoms with Gasteiger partial charge in [0.05, 0.1) is 0 Å². The molecule has 23 heavy (non-hydrogen) atoms. The Bertz CT molecular complexity index is 628. The van der Waals surface area contributed by atoms with Crippen molar-refractivity contribution >= 4 is 23.1 Å². The SMILES string of the molecule is O=C(Nc1ccc(-c2nccs2)cc1)NC1CCCCC1CO. The third-order valence-corrected chi connectivity index (χ3v) is 5.10. The second-order valence-electron chi connectivity index (χ2n) is 5.85. The van der Waals surface area contributed by atoms with Crippen LogP contribution in [0.3, 0.4) is 0 Å². The first kappa shape index (κ1) is 16.0. The molecule has 1 heterocycles. The van der Waals surface area contributed by atoms with Crippen LogP contribution in [0, 0.1) is 5.92 Å². The zero-order valence-electron chi connectivity index (χ0n) is 12.9. The van der Waals surface area contributed by atoms with E-state index in [0.717, 1.165) is 41.9 Å². The van der Waals surface area contributed by atoms with Crippen LogP contribution in [0.15, 0.2) is 35.8 Å². The molecule has 3 rings (SSSR count). The van der Waals surface area contributed by atoms with Crippen molar-refractivity contribution in [3.05, 3.63) is 35.8 Å². The van der Waals surface area contributed by atoms with Crippen LogP contribution in [-0.4, -0.2) is 28.8 Å². The number of amides is 2. The van der Waals surface area contributed by atoms with Crippen LogP contribution in [0.25, 0.3) is 10.6 Å². The van der Waals surface area contributed by atoms with Gasteiger partial charge in [0.2, 0.25) is 0 Å². The number of nitrogens with zero attached hydrogens (tertiary/aromatic N) is 1. The third-order valence-electron chi connectivity index (χ3n) is 4.28. The first-order chi connectivity index (χ1) is 11.3. The lowest BCUT2D eigenvalue weighted by Crippen LogP contribution is -2.45. The number of aromatic nitrogens is 1. The van der Waals surface area contributed by atoms with Crippen LogP contribution in [0.1, 0.15) is 25.7 Å². The number of aliphatic hydroxyl groups excluding tert-OH is 1. The van der Waals surface area contributed by atoms with Gasteiger partial charge in [-0.1, -0.05) is 12.8 Å². The number of aliphatic hydroxyl groups is 1. The van der Waals surface area contributed by atoms with Crippen LogP contribution in [0.4, 0.5) is 10.5 Å². The Morgan fingerprint density at radius 2 is 2.04 bits per heavy atom. The van der Waals surface area contributed by atoms with Crippen molar-refractivity contribution in [2.45, 2.75) is 31.7 Å². The summed E-state index contributed by atoms with van der Waals surface area (Å²) in [4.78, 5) is 16.4. The van der Waals surface area contributed by atoms with Gasteiger partial charge in [-0.05, 0) is 37.1 Å². The maximum atomic E-state index is 12.1. The largest absolute Gasteiger partial charge is 0.396 e. The summed E-state index contributed by atoms with van der Waals surface area (Å²) in [7, 11) is 0. The number of hydrogen-bond acceptors (Lipinski definition) is 4. The van der Waals surface area contributed by atoms with E-state index in [2.05, 4.69) is 15.6 Å². The Morgan fingerprint density at radius 1 is 1.26 bits per heavy atom. The number of benzene rings is 1. The molecule has 0 bridgehead atoms.